The molecule has 0 bridgehead atoms. The van der Waals surface area contributed by atoms with Gasteiger partial charge in [0.05, 0.1) is 19.7 Å². The second kappa shape index (κ2) is 6.14. The Morgan fingerprint density at radius 1 is 1.44 bits per heavy atom. The van der Waals surface area contributed by atoms with Gasteiger partial charge in [-0.25, -0.2) is 0 Å². The van der Waals surface area contributed by atoms with Crippen molar-refractivity contribution in [1.29, 1.82) is 0 Å². The van der Waals surface area contributed by atoms with E-state index in [9.17, 15) is 22.8 Å². The maximum absolute atomic E-state index is 12.2. The molecule has 8 heteroatoms. The zero-order valence-electron chi connectivity index (χ0n) is 9.74. The molecule has 0 radical (unpaired) electrons. The lowest BCUT2D eigenvalue weighted by Crippen LogP contribution is -2.45. The van der Waals surface area contributed by atoms with E-state index in [2.05, 4.69) is 0 Å². The van der Waals surface area contributed by atoms with Crippen LogP contribution in [0.3, 0.4) is 0 Å². The van der Waals surface area contributed by atoms with Gasteiger partial charge in [-0.15, -0.1) is 0 Å². The van der Waals surface area contributed by atoms with E-state index in [4.69, 9.17) is 5.11 Å². The molecule has 1 fully saturated rings. The molecule has 0 aromatic carbocycles. The van der Waals surface area contributed by atoms with Gasteiger partial charge in [-0.05, 0) is 6.42 Å². The average molecular weight is 268 g/mol. The van der Waals surface area contributed by atoms with Crippen molar-refractivity contribution in [3.63, 3.8) is 0 Å². The van der Waals surface area contributed by atoms with E-state index in [1.165, 1.54) is 0 Å². The maximum atomic E-state index is 12.2. The molecular weight excluding hydrogens is 253 g/mol. The minimum atomic E-state index is -4.44. The predicted octanol–water partition coefficient (Wildman–Crippen LogP) is -0.00800. The summed E-state index contributed by atoms with van der Waals surface area (Å²) in [6, 6.07) is 0. The molecule has 5 nitrogen and oxygen atoms in total. The third-order valence-electron chi connectivity index (χ3n) is 2.55. The lowest BCUT2D eigenvalue weighted by Gasteiger charge is -2.24. The van der Waals surface area contributed by atoms with Gasteiger partial charge in [0.25, 0.3) is 0 Å². The van der Waals surface area contributed by atoms with Crippen molar-refractivity contribution in [2.75, 3.05) is 32.8 Å². The molecule has 1 rings (SSSR count). The minimum absolute atomic E-state index is 0.255. The Morgan fingerprint density at radius 2 is 2.11 bits per heavy atom. The van der Waals surface area contributed by atoms with Gasteiger partial charge in [0.1, 0.15) is 0 Å². The summed E-state index contributed by atoms with van der Waals surface area (Å²) >= 11 is 0. The number of rotatable bonds is 5. The second-order valence-electron chi connectivity index (χ2n) is 4.09. The lowest BCUT2D eigenvalue weighted by molar-refractivity contribution is -0.153. The molecule has 0 unspecified atom stereocenters. The molecular formula is C10H15F3N2O3. The van der Waals surface area contributed by atoms with Crippen LogP contribution >= 0.6 is 0 Å². The summed E-state index contributed by atoms with van der Waals surface area (Å²) in [7, 11) is 0. The van der Waals surface area contributed by atoms with Gasteiger partial charge in [0.15, 0.2) is 0 Å². The number of hydrogen-bond donors (Lipinski definition) is 1. The van der Waals surface area contributed by atoms with E-state index in [1.54, 1.807) is 0 Å². The van der Waals surface area contributed by atoms with E-state index in [0.29, 0.717) is 6.42 Å². The van der Waals surface area contributed by atoms with Crippen molar-refractivity contribution in [1.82, 2.24) is 9.80 Å². The zero-order chi connectivity index (χ0) is 13.8. The third-order valence-corrected chi connectivity index (χ3v) is 2.55. The van der Waals surface area contributed by atoms with Gasteiger partial charge < -0.3 is 5.11 Å². The van der Waals surface area contributed by atoms with Crippen molar-refractivity contribution in [2.24, 2.45) is 0 Å². The van der Waals surface area contributed by atoms with Gasteiger partial charge in [-0.2, -0.15) is 13.2 Å². The van der Waals surface area contributed by atoms with Crippen LogP contribution in [0.25, 0.3) is 0 Å². The Balaban J connectivity index is 2.54. The number of likely N-dealkylation sites (tertiary alicyclic amines) is 1. The van der Waals surface area contributed by atoms with Crippen LogP contribution in [-0.2, 0) is 9.59 Å². The van der Waals surface area contributed by atoms with Crippen molar-refractivity contribution < 1.29 is 27.9 Å². The fourth-order valence-electron chi connectivity index (χ4n) is 1.80. The first-order valence-corrected chi connectivity index (χ1v) is 5.56. The predicted molar refractivity (Wildman–Crippen MR) is 55.5 cm³/mol. The molecule has 1 saturated heterocycles. The molecule has 18 heavy (non-hydrogen) atoms. The van der Waals surface area contributed by atoms with Crippen molar-refractivity contribution in [3.8, 4) is 0 Å². The fourth-order valence-corrected chi connectivity index (χ4v) is 1.80. The molecule has 2 amide bonds. The summed E-state index contributed by atoms with van der Waals surface area (Å²) in [6.45, 7) is -2.26. The van der Waals surface area contributed by atoms with E-state index in [0.717, 1.165) is 9.80 Å². The Kier molecular flexibility index (Phi) is 5.09. The van der Waals surface area contributed by atoms with Gasteiger partial charge >= 0.3 is 6.18 Å². The quantitative estimate of drug-likeness (QED) is 0.762. The standard InChI is InChI=1S/C10H15F3N2O3/c11-10(12,13)7-14(4-5-16)6-9(18)15-3-1-2-8(15)17/h16H,1-7H2. The first-order chi connectivity index (χ1) is 8.33. The number of aliphatic hydroxyl groups is 1. The van der Waals surface area contributed by atoms with E-state index in [-0.39, 0.29) is 25.4 Å². The number of aliphatic hydroxyl groups excluding tert-OH is 1. The Morgan fingerprint density at radius 3 is 2.56 bits per heavy atom. The maximum Gasteiger partial charge on any atom is 0.401 e. The summed E-state index contributed by atoms with van der Waals surface area (Å²) < 4.78 is 36.7. The highest BCUT2D eigenvalue weighted by molar-refractivity contribution is 5.97. The topological polar surface area (TPSA) is 60.9 Å². The van der Waals surface area contributed by atoms with E-state index in [1.807, 2.05) is 0 Å². The highest BCUT2D eigenvalue weighted by Crippen LogP contribution is 2.17. The molecule has 1 heterocycles. The van der Waals surface area contributed by atoms with Crippen molar-refractivity contribution in [2.45, 2.75) is 19.0 Å². The number of halogens is 3. The molecule has 0 aliphatic carbocycles. The summed E-state index contributed by atoms with van der Waals surface area (Å²) in [5.74, 6) is -0.994. The van der Waals surface area contributed by atoms with Crippen LogP contribution in [0.5, 0.6) is 0 Å². The van der Waals surface area contributed by atoms with Crippen LogP contribution in [0.15, 0.2) is 0 Å². The van der Waals surface area contributed by atoms with Crippen LogP contribution in [0, 0.1) is 0 Å². The van der Waals surface area contributed by atoms with Crippen molar-refractivity contribution in [3.05, 3.63) is 0 Å². The SMILES string of the molecule is O=C1CCCN1C(=O)CN(CCO)CC(F)(F)F. The molecule has 0 spiro atoms. The monoisotopic (exact) mass is 268 g/mol. The molecule has 0 atom stereocenters. The van der Waals surface area contributed by atoms with Crippen LogP contribution in [0.1, 0.15) is 12.8 Å². The molecule has 104 valence electrons. The average Bonchev–Trinajstić information content (AvgIpc) is 2.62. The molecule has 0 saturated carbocycles. The number of hydrogen-bond acceptors (Lipinski definition) is 4. The van der Waals surface area contributed by atoms with E-state index >= 15 is 0 Å². The normalized spacial score (nSPS) is 16.7. The smallest absolute Gasteiger partial charge is 0.395 e. The molecule has 1 N–H and O–H groups in total. The number of carbonyl (C=O) groups excluding carboxylic acids is 2. The fraction of sp³-hybridized carbons (Fsp3) is 0.800. The second-order valence-corrected chi connectivity index (χ2v) is 4.09. The molecule has 0 aromatic heterocycles. The van der Waals surface area contributed by atoms with Gasteiger partial charge in [0.2, 0.25) is 11.8 Å². The van der Waals surface area contributed by atoms with Crippen LogP contribution < -0.4 is 0 Å². The summed E-state index contributed by atoms with van der Waals surface area (Å²) in [6.07, 6.45) is -3.64. The number of carbonyl (C=O) groups is 2. The number of imide groups is 1. The lowest BCUT2D eigenvalue weighted by atomic mass is 10.4. The van der Waals surface area contributed by atoms with Crippen LogP contribution in [0.2, 0.25) is 0 Å². The largest absolute Gasteiger partial charge is 0.401 e. The number of amides is 2. The molecule has 1 aliphatic rings. The third kappa shape index (κ3) is 4.61. The Bertz CT molecular complexity index is 320. The van der Waals surface area contributed by atoms with Crippen molar-refractivity contribution >= 4 is 11.8 Å². The summed E-state index contributed by atoms with van der Waals surface area (Å²) in [4.78, 5) is 24.7. The Labute approximate surface area is 102 Å². The first-order valence-electron chi connectivity index (χ1n) is 5.56. The number of nitrogens with zero attached hydrogens (tertiary/aromatic N) is 2. The first kappa shape index (κ1) is 14.9. The van der Waals surface area contributed by atoms with Gasteiger partial charge in [0, 0.05) is 19.5 Å². The highest BCUT2D eigenvalue weighted by atomic mass is 19.4. The molecule has 0 aromatic rings. The van der Waals surface area contributed by atoms with Crippen LogP contribution in [0.4, 0.5) is 13.2 Å². The minimum Gasteiger partial charge on any atom is -0.395 e. The van der Waals surface area contributed by atoms with E-state index < -0.39 is 31.8 Å². The highest BCUT2D eigenvalue weighted by Gasteiger charge is 2.33. The van der Waals surface area contributed by atoms with Crippen LogP contribution in [-0.4, -0.2) is 65.7 Å². The Hall–Kier alpha value is -1.15. The zero-order valence-corrected chi connectivity index (χ0v) is 9.74. The van der Waals surface area contributed by atoms with Gasteiger partial charge in [-0.1, -0.05) is 0 Å². The van der Waals surface area contributed by atoms with Gasteiger partial charge in [-0.3, -0.25) is 19.4 Å². The molecule has 1 aliphatic heterocycles. The number of alkyl halides is 3. The summed E-state index contributed by atoms with van der Waals surface area (Å²) in [5, 5.41) is 8.66. The summed E-state index contributed by atoms with van der Waals surface area (Å²) in [5.41, 5.74) is 0.